The lowest BCUT2D eigenvalue weighted by Crippen LogP contribution is -2.19. The molecule has 0 saturated heterocycles. The topological polar surface area (TPSA) is 22.0 Å². The van der Waals surface area contributed by atoms with Gasteiger partial charge in [0.2, 0.25) is 0 Å². The third-order valence-electron chi connectivity index (χ3n) is 2.30. The van der Waals surface area contributed by atoms with Crippen LogP contribution in [0.4, 0.5) is 4.39 Å². The maximum Gasteiger partial charge on any atom is 0.250 e. The van der Waals surface area contributed by atoms with Gasteiger partial charge >= 0.3 is 0 Å². The van der Waals surface area contributed by atoms with Gasteiger partial charge in [-0.15, -0.1) is 0 Å². The minimum atomic E-state index is -0.358. The Balaban J connectivity index is 2.41. The van der Waals surface area contributed by atoms with Gasteiger partial charge in [-0.1, -0.05) is 11.6 Å². The van der Waals surface area contributed by atoms with E-state index in [1.54, 1.807) is 12.3 Å². The van der Waals surface area contributed by atoms with E-state index in [-0.39, 0.29) is 17.9 Å². The molecule has 1 aromatic carbocycles. The molecule has 0 bridgehead atoms. The van der Waals surface area contributed by atoms with E-state index < -0.39 is 0 Å². The summed E-state index contributed by atoms with van der Waals surface area (Å²) >= 11 is 8.07. The molecule has 0 amide bonds. The van der Waals surface area contributed by atoms with Crippen molar-refractivity contribution in [1.82, 2.24) is 4.57 Å². The molecule has 0 radical (unpaired) electrons. The molecule has 5 heteroatoms. The number of rotatable bonds is 2. The zero-order valence-electron chi connectivity index (χ0n) is 8.66. The molecule has 1 heterocycles. The molecule has 0 unspecified atom stereocenters. The van der Waals surface area contributed by atoms with Crippen LogP contribution in [0, 0.1) is 9.39 Å². The maximum absolute atomic E-state index is 13.1. The first kappa shape index (κ1) is 12.6. The number of halogens is 3. The minimum Gasteiger partial charge on any atom is -0.310 e. The summed E-state index contributed by atoms with van der Waals surface area (Å²) in [7, 11) is 0. The quantitative estimate of drug-likeness (QED) is 0.751. The van der Waals surface area contributed by atoms with Gasteiger partial charge in [0.25, 0.3) is 5.56 Å². The molecule has 0 saturated carbocycles. The van der Waals surface area contributed by atoms with Crippen molar-refractivity contribution >= 4 is 34.2 Å². The molecule has 17 heavy (non-hydrogen) atoms. The van der Waals surface area contributed by atoms with Crippen LogP contribution in [-0.2, 0) is 6.54 Å². The van der Waals surface area contributed by atoms with Crippen LogP contribution in [0.25, 0.3) is 0 Å². The fraction of sp³-hybridized carbons (Fsp3) is 0.0833. The van der Waals surface area contributed by atoms with Crippen LogP contribution in [0.3, 0.4) is 0 Å². The van der Waals surface area contributed by atoms with E-state index in [4.69, 9.17) is 11.6 Å². The van der Waals surface area contributed by atoms with Gasteiger partial charge in [0, 0.05) is 20.9 Å². The highest BCUT2D eigenvalue weighted by Crippen LogP contribution is 2.17. The Morgan fingerprint density at radius 1 is 1.29 bits per heavy atom. The van der Waals surface area contributed by atoms with Crippen LogP contribution >= 0.6 is 34.2 Å². The van der Waals surface area contributed by atoms with Crippen molar-refractivity contribution in [2.75, 3.05) is 0 Å². The fourth-order valence-electron chi connectivity index (χ4n) is 1.47. The molecule has 2 nitrogen and oxygen atoms in total. The Kier molecular flexibility index (Phi) is 3.83. The molecule has 88 valence electrons. The normalized spacial score (nSPS) is 10.5. The lowest BCUT2D eigenvalue weighted by molar-refractivity contribution is 0.622. The molecule has 0 fully saturated rings. The van der Waals surface area contributed by atoms with E-state index in [2.05, 4.69) is 22.6 Å². The van der Waals surface area contributed by atoms with E-state index in [0.29, 0.717) is 10.6 Å². The van der Waals surface area contributed by atoms with Gasteiger partial charge in [0.1, 0.15) is 5.82 Å². The average molecular weight is 364 g/mol. The van der Waals surface area contributed by atoms with Crippen molar-refractivity contribution in [3.8, 4) is 0 Å². The van der Waals surface area contributed by atoms with Crippen LogP contribution in [0.5, 0.6) is 0 Å². The fourth-order valence-corrected chi connectivity index (χ4v) is 2.17. The van der Waals surface area contributed by atoms with Crippen molar-refractivity contribution < 1.29 is 4.39 Å². The third kappa shape index (κ3) is 3.07. The second kappa shape index (κ2) is 5.18. The summed E-state index contributed by atoms with van der Waals surface area (Å²) in [5.41, 5.74) is 0.460. The summed E-state index contributed by atoms with van der Waals surface area (Å²) in [6.07, 6.45) is 1.71. The second-order valence-electron chi connectivity index (χ2n) is 3.55. The Morgan fingerprint density at radius 2 is 2.06 bits per heavy atom. The molecule has 0 spiro atoms. The summed E-state index contributed by atoms with van der Waals surface area (Å²) in [6, 6.07) is 7.34. The van der Waals surface area contributed by atoms with Crippen molar-refractivity contribution in [3.63, 3.8) is 0 Å². The zero-order valence-corrected chi connectivity index (χ0v) is 11.6. The Hall–Kier alpha value is -0.880. The van der Waals surface area contributed by atoms with E-state index >= 15 is 0 Å². The standard InChI is InChI=1S/C12H8ClFINO/c13-11-3-1-9(14)5-8(11)6-16-7-10(15)2-4-12(16)17/h1-5,7H,6H2. The largest absolute Gasteiger partial charge is 0.310 e. The second-order valence-corrected chi connectivity index (χ2v) is 5.20. The highest BCUT2D eigenvalue weighted by Gasteiger charge is 2.04. The van der Waals surface area contributed by atoms with Crippen LogP contribution in [0.1, 0.15) is 5.56 Å². The van der Waals surface area contributed by atoms with Crippen LogP contribution < -0.4 is 5.56 Å². The predicted octanol–water partition coefficient (Wildman–Crippen LogP) is 3.29. The lowest BCUT2D eigenvalue weighted by Gasteiger charge is -2.08. The van der Waals surface area contributed by atoms with Gasteiger partial charge in [0.05, 0.1) is 6.54 Å². The Morgan fingerprint density at radius 3 is 2.82 bits per heavy atom. The van der Waals surface area contributed by atoms with Crippen molar-refractivity contribution in [2.24, 2.45) is 0 Å². The van der Waals surface area contributed by atoms with Crippen molar-refractivity contribution in [2.45, 2.75) is 6.54 Å². The Bertz CT molecular complexity index is 612. The number of hydrogen-bond acceptors (Lipinski definition) is 1. The third-order valence-corrected chi connectivity index (χ3v) is 3.30. The summed E-state index contributed by atoms with van der Waals surface area (Å²) in [6.45, 7) is 0.270. The average Bonchev–Trinajstić information content (AvgIpc) is 2.28. The molecule has 0 atom stereocenters. The number of hydrogen-bond donors (Lipinski definition) is 0. The van der Waals surface area contributed by atoms with Gasteiger partial charge in [-0.2, -0.15) is 0 Å². The number of benzene rings is 1. The SMILES string of the molecule is O=c1ccc(I)cn1Cc1cc(F)ccc1Cl. The molecule has 0 N–H and O–H groups in total. The highest BCUT2D eigenvalue weighted by molar-refractivity contribution is 14.1. The van der Waals surface area contributed by atoms with Crippen molar-refractivity contribution in [3.05, 3.63) is 66.9 Å². The molecule has 2 rings (SSSR count). The molecule has 0 aliphatic heterocycles. The first-order valence-electron chi connectivity index (χ1n) is 4.86. The first-order chi connectivity index (χ1) is 8.06. The smallest absolute Gasteiger partial charge is 0.250 e. The summed E-state index contributed by atoms with van der Waals surface area (Å²) in [4.78, 5) is 11.6. The number of pyridine rings is 1. The lowest BCUT2D eigenvalue weighted by atomic mass is 10.2. The first-order valence-corrected chi connectivity index (χ1v) is 6.32. The van der Waals surface area contributed by atoms with E-state index in [1.807, 2.05) is 0 Å². The van der Waals surface area contributed by atoms with E-state index in [1.165, 1.54) is 28.8 Å². The highest BCUT2D eigenvalue weighted by atomic mass is 127. The monoisotopic (exact) mass is 363 g/mol. The van der Waals surface area contributed by atoms with E-state index in [0.717, 1.165) is 3.57 Å². The van der Waals surface area contributed by atoms with Gasteiger partial charge in [-0.25, -0.2) is 4.39 Å². The maximum atomic E-state index is 13.1. The van der Waals surface area contributed by atoms with Gasteiger partial charge in [0.15, 0.2) is 0 Å². The molecule has 1 aromatic heterocycles. The molecule has 0 aliphatic carbocycles. The number of aromatic nitrogens is 1. The van der Waals surface area contributed by atoms with Crippen LogP contribution in [-0.4, -0.2) is 4.57 Å². The zero-order chi connectivity index (χ0) is 12.4. The predicted molar refractivity (Wildman–Crippen MR) is 73.9 cm³/mol. The molecular weight excluding hydrogens is 355 g/mol. The Labute approximate surface area is 116 Å². The van der Waals surface area contributed by atoms with E-state index in [9.17, 15) is 9.18 Å². The molecule has 2 aromatic rings. The summed E-state index contributed by atoms with van der Waals surface area (Å²) in [5.74, 6) is -0.358. The van der Waals surface area contributed by atoms with Gasteiger partial charge in [-0.3, -0.25) is 4.79 Å². The number of nitrogens with zero attached hydrogens (tertiary/aromatic N) is 1. The summed E-state index contributed by atoms with van der Waals surface area (Å²) < 4.78 is 15.5. The van der Waals surface area contributed by atoms with Crippen LogP contribution in [0.15, 0.2) is 41.3 Å². The van der Waals surface area contributed by atoms with Crippen molar-refractivity contribution in [1.29, 1.82) is 0 Å². The van der Waals surface area contributed by atoms with Gasteiger partial charge < -0.3 is 4.57 Å². The summed E-state index contributed by atoms with van der Waals surface area (Å²) in [5, 5.41) is 0.456. The molecular formula is C12H8ClFINO. The van der Waals surface area contributed by atoms with Gasteiger partial charge in [-0.05, 0) is 52.4 Å². The molecule has 0 aliphatic rings. The van der Waals surface area contributed by atoms with Crippen LogP contribution in [0.2, 0.25) is 5.02 Å². The minimum absolute atomic E-state index is 0.134.